The number of rotatable bonds is 5. The van der Waals surface area contributed by atoms with Crippen LogP contribution in [0.5, 0.6) is 0 Å². The third kappa shape index (κ3) is 4.84. The summed E-state index contributed by atoms with van der Waals surface area (Å²) in [5.74, 6) is -0.971. The van der Waals surface area contributed by atoms with Crippen LogP contribution in [0.3, 0.4) is 0 Å². The monoisotopic (exact) mass is 378 g/mol. The van der Waals surface area contributed by atoms with Crippen LogP contribution < -0.4 is 5.32 Å². The van der Waals surface area contributed by atoms with Crippen LogP contribution in [0.2, 0.25) is 5.02 Å². The van der Waals surface area contributed by atoms with Gasteiger partial charge < -0.3 is 10.1 Å². The number of ether oxygens (including phenoxy) is 1. The standard InChI is InChI=1S/C21H15ClN2O3/c22-19-11-18(8-7-17(19)12-23)24-20(25)13-27-21(26)10-14-5-6-15-3-1-2-4-16(15)9-14/h1-9,11H,10,13H2,(H,24,25). The molecule has 0 unspecified atom stereocenters. The third-order valence-electron chi connectivity index (χ3n) is 3.90. The molecule has 0 spiro atoms. The molecule has 0 atom stereocenters. The van der Waals surface area contributed by atoms with Crippen molar-refractivity contribution >= 4 is 39.9 Å². The summed E-state index contributed by atoms with van der Waals surface area (Å²) in [7, 11) is 0. The Morgan fingerprint density at radius 2 is 1.81 bits per heavy atom. The van der Waals surface area contributed by atoms with Gasteiger partial charge in [0.1, 0.15) is 6.07 Å². The Morgan fingerprint density at radius 3 is 2.56 bits per heavy atom. The smallest absolute Gasteiger partial charge is 0.310 e. The molecule has 1 amide bonds. The summed E-state index contributed by atoms with van der Waals surface area (Å²) in [6, 6.07) is 20.1. The largest absolute Gasteiger partial charge is 0.455 e. The molecule has 0 saturated carbocycles. The second kappa shape index (κ2) is 8.35. The number of hydrogen-bond acceptors (Lipinski definition) is 4. The molecule has 27 heavy (non-hydrogen) atoms. The lowest BCUT2D eigenvalue weighted by Crippen LogP contribution is -2.21. The average molecular weight is 379 g/mol. The predicted octanol–water partition coefficient (Wildman–Crippen LogP) is 4.09. The van der Waals surface area contributed by atoms with Gasteiger partial charge in [0.25, 0.3) is 5.91 Å². The van der Waals surface area contributed by atoms with E-state index in [0.29, 0.717) is 11.3 Å². The first kappa shape index (κ1) is 18.4. The number of benzene rings is 3. The molecule has 0 saturated heterocycles. The molecule has 0 bridgehead atoms. The van der Waals surface area contributed by atoms with E-state index in [1.54, 1.807) is 6.07 Å². The van der Waals surface area contributed by atoms with Gasteiger partial charge in [-0.2, -0.15) is 5.26 Å². The van der Waals surface area contributed by atoms with E-state index < -0.39 is 18.5 Å². The molecule has 0 radical (unpaired) electrons. The highest BCUT2D eigenvalue weighted by atomic mass is 35.5. The van der Waals surface area contributed by atoms with Gasteiger partial charge in [0.2, 0.25) is 0 Å². The van der Waals surface area contributed by atoms with Crippen LogP contribution in [-0.4, -0.2) is 18.5 Å². The quantitative estimate of drug-likeness (QED) is 0.678. The van der Waals surface area contributed by atoms with Crippen LogP contribution in [0.1, 0.15) is 11.1 Å². The van der Waals surface area contributed by atoms with Gasteiger partial charge in [0, 0.05) is 5.69 Å². The Morgan fingerprint density at radius 1 is 1.04 bits per heavy atom. The van der Waals surface area contributed by atoms with E-state index >= 15 is 0 Å². The number of nitrogens with zero attached hydrogens (tertiary/aromatic N) is 1. The summed E-state index contributed by atoms with van der Waals surface area (Å²) in [5.41, 5.74) is 1.56. The third-order valence-corrected chi connectivity index (χ3v) is 4.21. The number of nitrogens with one attached hydrogen (secondary N) is 1. The molecule has 3 aromatic rings. The summed E-state index contributed by atoms with van der Waals surface area (Å²) < 4.78 is 5.03. The highest BCUT2D eigenvalue weighted by molar-refractivity contribution is 6.32. The van der Waals surface area contributed by atoms with Crippen LogP contribution >= 0.6 is 11.6 Å². The number of amides is 1. The summed E-state index contributed by atoms with van der Waals surface area (Å²) in [6.45, 7) is -0.399. The minimum atomic E-state index is -0.488. The fraction of sp³-hybridized carbons (Fsp3) is 0.0952. The number of carbonyl (C=O) groups excluding carboxylic acids is 2. The van der Waals surface area contributed by atoms with E-state index in [4.69, 9.17) is 21.6 Å². The average Bonchev–Trinajstić information content (AvgIpc) is 2.66. The van der Waals surface area contributed by atoms with Crippen molar-refractivity contribution in [3.05, 3.63) is 76.8 Å². The summed E-state index contributed by atoms with van der Waals surface area (Å²) in [6.07, 6.45) is 0.0841. The number of halogens is 1. The van der Waals surface area contributed by atoms with Gasteiger partial charge in [-0.25, -0.2) is 0 Å². The van der Waals surface area contributed by atoms with E-state index in [-0.39, 0.29) is 11.4 Å². The van der Waals surface area contributed by atoms with Crippen molar-refractivity contribution in [1.82, 2.24) is 0 Å². The Bertz CT molecular complexity index is 1060. The van der Waals surface area contributed by atoms with Gasteiger partial charge in [-0.15, -0.1) is 0 Å². The fourth-order valence-corrected chi connectivity index (χ4v) is 2.82. The van der Waals surface area contributed by atoms with Gasteiger partial charge in [-0.05, 0) is 34.5 Å². The molecule has 5 nitrogen and oxygen atoms in total. The number of nitriles is 1. The molecule has 0 aliphatic rings. The molecule has 0 aromatic heterocycles. The molecule has 3 rings (SSSR count). The lowest BCUT2D eigenvalue weighted by atomic mass is 10.1. The van der Waals surface area contributed by atoms with Gasteiger partial charge in [0.05, 0.1) is 17.0 Å². The zero-order chi connectivity index (χ0) is 19.2. The van der Waals surface area contributed by atoms with Crippen LogP contribution in [-0.2, 0) is 20.7 Å². The second-order valence-corrected chi connectivity index (χ2v) is 6.28. The minimum Gasteiger partial charge on any atom is -0.455 e. The van der Waals surface area contributed by atoms with Crippen LogP contribution in [0.4, 0.5) is 5.69 Å². The summed E-state index contributed by atoms with van der Waals surface area (Å²) in [4.78, 5) is 23.9. The van der Waals surface area contributed by atoms with Crippen molar-refractivity contribution in [3.63, 3.8) is 0 Å². The predicted molar refractivity (Wildman–Crippen MR) is 103 cm³/mol. The molecule has 1 N–H and O–H groups in total. The number of fused-ring (bicyclic) bond motifs is 1. The number of carbonyl (C=O) groups is 2. The summed E-state index contributed by atoms with van der Waals surface area (Å²) in [5, 5.41) is 13.8. The maximum absolute atomic E-state index is 12.0. The van der Waals surface area contributed by atoms with Crippen molar-refractivity contribution < 1.29 is 14.3 Å². The SMILES string of the molecule is N#Cc1ccc(NC(=O)COC(=O)Cc2ccc3ccccc3c2)cc1Cl. The Kier molecular flexibility index (Phi) is 5.70. The molecule has 3 aromatic carbocycles. The maximum Gasteiger partial charge on any atom is 0.310 e. The first-order valence-electron chi connectivity index (χ1n) is 8.18. The topological polar surface area (TPSA) is 79.2 Å². The molecule has 0 fully saturated rings. The Balaban J connectivity index is 1.53. The van der Waals surface area contributed by atoms with E-state index in [1.165, 1.54) is 12.1 Å². The lowest BCUT2D eigenvalue weighted by Gasteiger charge is -2.08. The van der Waals surface area contributed by atoms with Crippen molar-refractivity contribution in [2.75, 3.05) is 11.9 Å². The molecule has 0 aliphatic heterocycles. The first-order valence-corrected chi connectivity index (χ1v) is 8.56. The number of anilines is 1. The van der Waals surface area contributed by atoms with Gasteiger partial charge >= 0.3 is 5.97 Å². The first-order chi connectivity index (χ1) is 13.0. The van der Waals surface area contributed by atoms with Crippen molar-refractivity contribution in [2.24, 2.45) is 0 Å². The molecule has 6 heteroatoms. The van der Waals surface area contributed by atoms with Crippen LogP contribution in [0.25, 0.3) is 10.8 Å². The van der Waals surface area contributed by atoms with Crippen molar-refractivity contribution in [1.29, 1.82) is 5.26 Å². The normalized spacial score (nSPS) is 10.2. The van der Waals surface area contributed by atoms with Crippen LogP contribution in [0, 0.1) is 11.3 Å². The second-order valence-electron chi connectivity index (χ2n) is 5.87. The Labute approximate surface area is 161 Å². The molecule has 0 aliphatic carbocycles. The van der Waals surface area contributed by atoms with Gasteiger partial charge in [0.15, 0.2) is 6.61 Å². The number of hydrogen-bond donors (Lipinski definition) is 1. The van der Waals surface area contributed by atoms with E-state index in [0.717, 1.165) is 16.3 Å². The van der Waals surface area contributed by atoms with E-state index in [1.807, 2.05) is 48.5 Å². The van der Waals surface area contributed by atoms with Crippen molar-refractivity contribution in [2.45, 2.75) is 6.42 Å². The maximum atomic E-state index is 12.0. The zero-order valence-electron chi connectivity index (χ0n) is 14.2. The highest BCUT2D eigenvalue weighted by Crippen LogP contribution is 2.20. The molecule has 134 valence electrons. The fourth-order valence-electron chi connectivity index (χ4n) is 2.59. The van der Waals surface area contributed by atoms with Crippen LogP contribution in [0.15, 0.2) is 60.7 Å². The van der Waals surface area contributed by atoms with Crippen molar-refractivity contribution in [3.8, 4) is 6.07 Å². The zero-order valence-corrected chi connectivity index (χ0v) is 15.0. The van der Waals surface area contributed by atoms with E-state index in [2.05, 4.69) is 5.32 Å². The number of esters is 1. The van der Waals surface area contributed by atoms with Gasteiger partial charge in [-0.3, -0.25) is 9.59 Å². The van der Waals surface area contributed by atoms with E-state index in [9.17, 15) is 9.59 Å². The molecular formula is C21H15ClN2O3. The molecule has 0 heterocycles. The highest BCUT2D eigenvalue weighted by Gasteiger charge is 2.10. The molecular weight excluding hydrogens is 364 g/mol. The lowest BCUT2D eigenvalue weighted by molar-refractivity contribution is -0.146. The van der Waals surface area contributed by atoms with Gasteiger partial charge in [-0.1, -0.05) is 54.1 Å². The Hall–Kier alpha value is -3.36. The summed E-state index contributed by atoms with van der Waals surface area (Å²) >= 11 is 5.91. The minimum absolute atomic E-state index is 0.0841.